The Kier molecular flexibility index (Phi) is 2.81. The summed E-state index contributed by atoms with van der Waals surface area (Å²) < 4.78 is 4.12. The third-order valence-electron chi connectivity index (χ3n) is 2.91. The molecule has 0 saturated heterocycles. The molecule has 15 heavy (non-hydrogen) atoms. The maximum atomic E-state index is 4.30. The highest BCUT2D eigenvalue weighted by Crippen LogP contribution is 2.44. The summed E-state index contributed by atoms with van der Waals surface area (Å²) in [5.41, 5.74) is 1.27. The molecule has 1 atom stereocenters. The van der Waals surface area contributed by atoms with E-state index in [1.807, 2.05) is 7.05 Å². The molecule has 0 bridgehead atoms. The molecule has 0 spiro atoms. The summed E-state index contributed by atoms with van der Waals surface area (Å²) in [5, 5.41) is 7.70. The average molecular weight is 225 g/mol. The molecule has 1 unspecified atom stereocenters. The van der Waals surface area contributed by atoms with Crippen molar-refractivity contribution in [1.29, 1.82) is 0 Å². The summed E-state index contributed by atoms with van der Waals surface area (Å²) in [7, 11) is 2.04. The van der Waals surface area contributed by atoms with Gasteiger partial charge < -0.3 is 5.32 Å². The fourth-order valence-electron chi connectivity index (χ4n) is 1.93. The van der Waals surface area contributed by atoms with Crippen LogP contribution >= 0.6 is 11.5 Å². The molecular weight excluding hydrogens is 206 g/mol. The smallest absolute Gasteiger partial charge is 0.0857 e. The third-order valence-corrected chi connectivity index (χ3v) is 3.72. The molecule has 1 aliphatic carbocycles. The minimum Gasteiger partial charge on any atom is -0.312 e. The first kappa shape index (κ1) is 11.0. The normalized spacial score (nSPS) is 19.2. The Morgan fingerprint density at radius 2 is 2.07 bits per heavy atom. The molecule has 0 aliphatic heterocycles. The zero-order valence-corrected chi connectivity index (χ0v) is 10.7. The fourth-order valence-corrected chi connectivity index (χ4v) is 3.00. The number of hydrogen-bond donors (Lipinski definition) is 1. The van der Waals surface area contributed by atoms with Gasteiger partial charge in [-0.25, -0.2) is 0 Å². The SMILES string of the molecule is CNC(c1snnc1C(C)(C)C)C1CC1. The van der Waals surface area contributed by atoms with Gasteiger partial charge in [0.15, 0.2) is 0 Å². The van der Waals surface area contributed by atoms with Gasteiger partial charge in [0.05, 0.1) is 10.6 Å². The van der Waals surface area contributed by atoms with Crippen LogP contribution in [-0.2, 0) is 5.41 Å². The zero-order valence-electron chi connectivity index (χ0n) is 9.87. The van der Waals surface area contributed by atoms with Crippen LogP contribution in [0, 0.1) is 5.92 Å². The highest BCUT2D eigenvalue weighted by Gasteiger charge is 2.36. The van der Waals surface area contributed by atoms with Crippen LogP contribution in [0.2, 0.25) is 0 Å². The lowest BCUT2D eigenvalue weighted by Crippen LogP contribution is -2.22. The first-order valence-electron chi connectivity index (χ1n) is 5.54. The largest absolute Gasteiger partial charge is 0.312 e. The molecule has 3 nitrogen and oxygen atoms in total. The number of nitrogens with one attached hydrogen (secondary N) is 1. The molecule has 1 heterocycles. The second-order valence-corrected chi connectivity index (χ2v) is 6.13. The van der Waals surface area contributed by atoms with Gasteiger partial charge in [0, 0.05) is 11.5 Å². The fraction of sp³-hybridized carbons (Fsp3) is 0.818. The van der Waals surface area contributed by atoms with Crippen molar-refractivity contribution in [3.05, 3.63) is 10.6 Å². The lowest BCUT2D eigenvalue weighted by Gasteiger charge is -2.21. The minimum absolute atomic E-state index is 0.103. The van der Waals surface area contributed by atoms with Gasteiger partial charge >= 0.3 is 0 Å². The topological polar surface area (TPSA) is 37.8 Å². The van der Waals surface area contributed by atoms with Crippen molar-refractivity contribution in [2.45, 2.75) is 45.1 Å². The highest BCUT2D eigenvalue weighted by atomic mass is 32.1. The lowest BCUT2D eigenvalue weighted by atomic mass is 9.89. The summed E-state index contributed by atoms with van der Waals surface area (Å²) >= 11 is 1.55. The van der Waals surface area contributed by atoms with Crippen LogP contribution in [0.15, 0.2) is 0 Å². The molecule has 1 aromatic heterocycles. The summed E-state index contributed by atoms with van der Waals surface area (Å²) in [6, 6.07) is 0.472. The molecule has 0 radical (unpaired) electrons. The second kappa shape index (κ2) is 3.83. The Bertz CT molecular complexity index is 336. The number of aromatic nitrogens is 2. The van der Waals surface area contributed by atoms with E-state index in [1.54, 1.807) is 11.5 Å². The van der Waals surface area contributed by atoms with Gasteiger partial charge in [0.1, 0.15) is 0 Å². The standard InChI is InChI=1S/C11H19N3S/c1-11(2,3)10-9(15-14-13-10)8(12-4)7-5-6-7/h7-8,12H,5-6H2,1-4H3. The number of hydrogen-bond acceptors (Lipinski definition) is 4. The van der Waals surface area contributed by atoms with Crippen molar-refractivity contribution < 1.29 is 0 Å². The van der Waals surface area contributed by atoms with E-state index in [9.17, 15) is 0 Å². The van der Waals surface area contributed by atoms with Gasteiger partial charge in [-0.3, -0.25) is 0 Å². The summed E-state index contributed by atoms with van der Waals surface area (Å²) in [6.07, 6.45) is 2.68. The van der Waals surface area contributed by atoms with E-state index in [4.69, 9.17) is 0 Å². The maximum absolute atomic E-state index is 4.30. The molecule has 1 aromatic rings. The van der Waals surface area contributed by atoms with Crippen molar-refractivity contribution >= 4 is 11.5 Å². The van der Waals surface area contributed by atoms with E-state index in [2.05, 4.69) is 35.7 Å². The summed E-state index contributed by atoms with van der Waals surface area (Å²) in [6.45, 7) is 6.60. The van der Waals surface area contributed by atoms with Gasteiger partial charge in [-0.05, 0) is 37.3 Å². The van der Waals surface area contributed by atoms with Crippen molar-refractivity contribution in [3.63, 3.8) is 0 Å². The predicted octanol–water partition coefficient (Wildman–Crippen LogP) is 2.51. The second-order valence-electron chi connectivity index (χ2n) is 5.34. The molecule has 1 fully saturated rings. The quantitative estimate of drug-likeness (QED) is 0.859. The Morgan fingerprint density at radius 1 is 1.40 bits per heavy atom. The van der Waals surface area contributed by atoms with Gasteiger partial charge in [-0.15, -0.1) is 5.10 Å². The minimum atomic E-state index is 0.103. The van der Waals surface area contributed by atoms with Crippen LogP contribution in [0.3, 0.4) is 0 Å². The van der Waals surface area contributed by atoms with E-state index < -0.39 is 0 Å². The summed E-state index contributed by atoms with van der Waals surface area (Å²) in [4.78, 5) is 1.34. The van der Waals surface area contributed by atoms with E-state index in [-0.39, 0.29) is 5.41 Å². The average Bonchev–Trinajstić information content (AvgIpc) is 2.82. The van der Waals surface area contributed by atoms with Gasteiger partial charge in [-0.2, -0.15) is 0 Å². The Hall–Kier alpha value is -0.480. The number of rotatable bonds is 3. The third kappa shape index (κ3) is 2.21. The molecule has 0 aromatic carbocycles. The van der Waals surface area contributed by atoms with Gasteiger partial charge in [0.25, 0.3) is 0 Å². The van der Waals surface area contributed by atoms with Gasteiger partial charge in [0.2, 0.25) is 0 Å². The molecule has 1 saturated carbocycles. The van der Waals surface area contributed by atoms with Crippen LogP contribution in [-0.4, -0.2) is 16.6 Å². The Balaban J connectivity index is 2.30. The molecule has 84 valence electrons. The Morgan fingerprint density at radius 3 is 2.53 bits per heavy atom. The van der Waals surface area contributed by atoms with Crippen LogP contribution in [0.1, 0.15) is 50.2 Å². The first-order valence-corrected chi connectivity index (χ1v) is 6.31. The van der Waals surface area contributed by atoms with Crippen molar-refractivity contribution in [1.82, 2.24) is 14.9 Å². The van der Waals surface area contributed by atoms with E-state index in [0.29, 0.717) is 6.04 Å². The highest BCUT2D eigenvalue weighted by molar-refractivity contribution is 7.05. The van der Waals surface area contributed by atoms with Crippen molar-refractivity contribution in [3.8, 4) is 0 Å². The monoisotopic (exact) mass is 225 g/mol. The van der Waals surface area contributed by atoms with E-state index in [1.165, 1.54) is 23.4 Å². The molecule has 4 heteroatoms. The first-order chi connectivity index (χ1) is 7.04. The molecule has 2 rings (SSSR count). The molecular formula is C11H19N3S. The zero-order chi connectivity index (χ0) is 11.1. The molecule has 0 amide bonds. The van der Waals surface area contributed by atoms with Crippen molar-refractivity contribution in [2.24, 2.45) is 5.92 Å². The van der Waals surface area contributed by atoms with Crippen molar-refractivity contribution in [2.75, 3.05) is 7.05 Å². The van der Waals surface area contributed by atoms with E-state index in [0.717, 1.165) is 5.92 Å². The maximum Gasteiger partial charge on any atom is 0.0857 e. The van der Waals surface area contributed by atoms with Gasteiger partial charge in [-0.1, -0.05) is 25.3 Å². The Labute approximate surface area is 95.4 Å². The van der Waals surface area contributed by atoms with Crippen LogP contribution < -0.4 is 5.32 Å². The summed E-state index contributed by atoms with van der Waals surface area (Å²) in [5.74, 6) is 0.804. The van der Waals surface area contributed by atoms with Crippen LogP contribution in [0.5, 0.6) is 0 Å². The van der Waals surface area contributed by atoms with E-state index >= 15 is 0 Å². The van der Waals surface area contributed by atoms with Crippen LogP contribution in [0.25, 0.3) is 0 Å². The molecule has 1 aliphatic rings. The number of nitrogens with zero attached hydrogens (tertiary/aromatic N) is 2. The predicted molar refractivity (Wildman–Crippen MR) is 63.1 cm³/mol. The lowest BCUT2D eigenvalue weighted by molar-refractivity contribution is 0.501. The molecule has 1 N–H and O–H groups in total. The van der Waals surface area contributed by atoms with Crippen LogP contribution in [0.4, 0.5) is 0 Å².